The molecule has 1 atom stereocenters. The summed E-state index contributed by atoms with van der Waals surface area (Å²) in [6, 6.07) is 14.9. The van der Waals surface area contributed by atoms with Gasteiger partial charge in [0.25, 0.3) is 0 Å². The molecule has 0 saturated carbocycles. The molecule has 4 nitrogen and oxygen atoms in total. The number of ether oxygens (including phenoxy) is 3. The highest BCUT2D eigenvalue weighted by atomic mass is 16.6. The van der Waals surface area contributed by atoms with Crippen LogP contribution >= 0.6 is 0 Å². The van der Waals surface area contributed by atoms with Gasteiger partial charge in [-0.15, -0.1) is 0 Å². The van der Waals surface area contributed by atoms with Gasteiger partial charge in [-0.05, 0) is 29.8 Å². The van der Waals surface area contributed by atoms with Crippen LogP contribution in [0.4, 0.5) is 0 Å². The van der Waals surface area contributed by atoms with Gasteiger partial charge in [0.1, 0.15) is 12.4 Å². The van der Waals surface area contributed by atoms with E-state index in [2.05, 4.69) is 0 Å². The minimum Gasteiger partial charge on any atom is -0.497 e. The summed E-state index contributed by atoms with van der Waals surface area (Å²) < 4.78 is 16.4. The third-order valence-electron chi connectivity index (χ3n) is 3.38. The van der Waals surface area contributed by atoms with Gasteiger partial charge < -0.3 is 14.2 Å². The van der Waals surface area contributed by atoms with Gasteiger partial charge in [-0.3, -0.25) is 4.79 Å². The Labute approximate surface area is 123 Å². The Morgan fingerprint density at radius 2 is 2.00 bits per heavy atom. The summed E-state index contributed by atoms with van der Waals surface area (Å²) in [6.07, 6.45) is -0.265. The van der Waals surface area contributed by atoms with Gasteiger partial charge in [0.05, 0.1) is 7.11 Å². The van der Waals surface area contributed by atoms with E-state index >= 15 is 0 Å². The van der Waals surface area contributed by atoms with Crippen molar-refractivity contribution in [1.29, 1.82) is 0 Å². The molecule has 4 heteroatoms. The number of fused-ring (bicyclic) bond motifs is 1. The van der Waals surface area contributed by atoms with E-state index in [-0.39, 0.29) is 12.4 Å². The Morgan fingerprint density at radius 1 is 1.19 bits per heavy atom. The van der Waals surface area contributed by atoms with Crippen LogP contribution in [0.25, 0.3) is 0 Å². The van der Waals surface area contributed by atoms with Crippen molar-refractivity contribution in [2.75, 3.05) is 13.7 Å². The van der Waals surface area contributed by atoms with Crippen molar-refractivity contribution in [2.45, 2.75) is 12.5 Å². The highest BCUT2D eigenvalue weighted by Crippen LogP contribution is 2.31. The molecule has 0 spiro atoms. The molecule has 0 amide bonds. The zero-order valence-electron chi connectivity index (χ0n) is 11.7. The first-order valence-corrected chi connectivity index (χ1v) is 6.80. The molecule has 0 aliphatic carbocycles. The van der Waals surface area contributed by atoms with E-state index in [0.717, 1.165) is 11.3 Å². The molecule has 0 radical (unpaired) electrons. The standard InChI is InChI=1S/C17H16O4/c1-19-13-6-4-5-12(9-13)10-14(18)17-11-20-15-7-2-3-8-16(15)21-17/h2-9,17H,10-11H2,1H3. The van der Waals surface area contributed by atoms with Crippen molar-refractivity contribution in [1.82, 2.24) is 0 Å². The minimum absolute atomic E-state index is 0.00208. The topological polar surface area (TPSA) is 44.8 Å². The number of carbonyl (C=O) groups excluding carboxylic acids is 1. The second kappa shape index (κ2) is 5.87. The minimum atomic E-state index is -0.564. The molecule has 0 saturated heterocycles. The number of para-hydroxylation sites is 2. The number of methoxy groups -OCH3 is 1. The predicted octanol–water partition coefficient (Wildman–Crippen LogP) is 2.65. The van der Waals surface area contributed by atoms with E-state index in [0.29, 0.717) is 17.9 Å². The Balaban J connectivity index is 1.69. The van der Waals surface area contributed by atoms with Crippen molar-refractivity contribution < 1.29 is 19.0 Å². The Hall–Kier alpha value is -2.49. The molecule has 1 heterocycles. The van der Waals surface area contributed by atoms with Gasteiger partial charge in [0, 0.05) is 6.42 Å². The predicted molar refractivity (Wildman–Crippen MR) is 78.1 cm³/mol. The van der Waals surface area contributed by atoms with E-state index in [4.69, 9.17) is 14.2 Å². The van der Waals surface area contributed by atoms with E-state index in [1.54, 1.807) is 13.2 Å². The van der Waals surface area contributed by atoms with Crippen LogP contribution in [0.3, 0.4) is 0 Å². The molecule has 1 aliphatic rings. The Bertz CT molecular complexity index is 651. The number of hydrogen-bond donors (Lipinski definition) is 0. The van der Waals surface area contributed by atoms with E-state index < -0.39 is 6.10 Å². The number of hydrogen-bond acceptors (Lipinski definition) is 4. The fraction of sp³-hybridized carbons (Fsp3) is 0.235. The fourth-order valence-corrected chi connectivity index (χ4v) is 2.28. The highest BCUT2D eigenvalue weighted by Gasteiger charge is 2.27. The Morgan fingerprint density at radius 3 is 2.81 bits per heavy atom. The third-order valence-corrected chi connectivity index (χ3v) is 3.38. The van der Waals surface area contributed by atoms with Gasteiger partial charge >= 0.3 is 0 Å². The molecule has 1 unspecified atom stereocenters. The molecule has 21 heavy (non-hydrogen) atoms. The second-order valence-corrected chi connectivity index (χ2v) is 4.86. The van der Waals surface area contributed by atoms with Crippen LogP contribution in [0, 0.1) is 0 Å². The molecule has 2 aromatic rings. The average Bonchev–Trinajstić information content (AvgIpc) is 2.54. The lowest BCUT2D eigenvalue weighted by molar-refractivity contribution is -0.127. The van der Waals surface area contributed by atoms with Gasteiger partial charge in [-0.25, -0.2) is 0 Å². The molecule has 0 bridgehead atoms. The molecule has 3 rings (SSSR count). The first-order chi connectivity index (χ1) is 10.3. The fourth-order valence-electron chi connectivity index (χ4n) is 2.28. The van der Waals surface area contributed by atoms with Crippen LogP contribution in [-0.4, -0.2) is 25.6 Å². The SMILES string of the molecule is COc1cccc(CC(=O)C2COc3ccccc3O2)c1. The summed E-state index contributed by atoms with van der Waals surface area (Å²) in [5, 5.41) is 0. The lowest BCUT2D eigenvalue weighted by Crippen LogP contribution is -2.37. The molecule has 108 valence electrons. The summed E-state index contributed by atoms with van der Waals surface area (Å²) >= 11 is 0. The van der Waals surface area contributed by atoms with Crippen LogP contribution in [0.5, 0.6) is 17.2 Å². The molecular formula is C17H16O4. The van der Waals surface area contributed by atoms with Crippen molar-refractivity contribution in [2.24, 2.45) is 0 Å². The Kier molecular flexibility index (Phi) is 3.77. The van der Waals surface area contributed by atoms with E-state index in [1.165, 1.54) is 0 Å². The number of ketones is 1. The largest absolute Gasteiger partial charge is 0.497 e. The van der Waals surface area contributed by atoms with Crippen molar-refractivity contribution in [3.8, 4) is 17.2 Å². The maximum atomic E-state index is 12.3. The van der Waals surface area contributed by atoms with Crippen LogP contribution in [0.1, 0.15) is 5.56 Å². The third kappa shape index (κ3) is 2.99. The number of carbonyl (C=O) groups is 1. The normalized spacial score (nSPS) is 16.3. The zero-order chi connectivity index (χ0) is 14.7. The highest BCUT2D eigenvalue weighted by molar-refractivity contribution is 5.86. The average molecular weight is 284 g/mol. The number of rotatable bonds is 4. The lowest BCUT2D eigenvalue weighted by Gasteiger charge is -2.25. The van der Waals surface area contributed by atoms with Gasteiger partial charge in [0.2, 0.25) is 0 Å². The quantitative estimate of drug-likeness (QED) is 0.866. The molecular weight excluding hydrogens is 268 g/mol. The van der Waals surface area contributed by atoms with E-state index in [9.17, 15) is 4.79 Å². The molecule has 0 fully saturated rings. The zero-order valence-corrected chi connectivity index (χ0v) is 11.7. The first kappa shape index (κ1) is 13.5. The van der Waals surface area contributed by atoms with Crippen molar-refractivity contribution >= 4 is 5.78 Å². The number of benzene rings is 2. The summed E-state index contributed by atoms with van der Waals surface area (Å²) in [4.78, 5) is 12.3. The van der Waals surface area contributed by atoms with Gasteiger partial charge in [-0.2, -0.15) is 0 Å². The van der Waals surface area contributed by atoms with Gasteiger partial charge in [0.15, 0.2) is 23.4 Å². The first-order valence-electron chi connectivity index (χ1n) is 6.80. The van der Waals surface area contributed by atoms with E-state index in [1.807, 2.05) is 42.5 Å². The molecule has 0 aromatic heterocycles. The van der Waals surface area contributed by atoms with Crippen molar-refractivity contribution in [3.05, 3.63) is 54.1 Å². The van der Waals surface area contributed by atoms with Crippen LogP contribution in [0.2, 0.25) is 0 Å². The summed E-state index contributed by atoms with van der Waals surface area (Å²) in [5.41, 5.74) is 0.904. The summed E-state index contributed by atoms with van der Waals surface area (Å²) in [6.45, 7) is 0.250. The second-order valence-electron chi connectivity index (χ2n) is 4.86. The monoisotopic (exact) mass is 284 g/mol. The maximum Gasteiger partial charge on any atom is 0.191 e. The summed E-state index contributed by atoms with van der Waals surface area (Å²) in [5.74, 6) is 2.04. The molecule has 0 N–H and O–H groups in total. The molecule has 2 aromatic carbocycles. The maximum absolute atomic E-state index is 12.3. The molecule has 1 aliphatic heterocycles. The van der Waals surface area contributed by atoms with Crippen LogP contribution < -0.4 is 14.2 Å². The smallest absolute Gasteiger partial charge is 0.191 e. The van der Waals surface area contributed by atoms with Crippen LogP contribution in [-0.2, 0) is 11.2 Å². The van der Waals surface area contributed by atoms with Crippen molar-refractivity contribution in [3.63, 3.8) is 0 Å². The van der Waals surface area contributed by atoms with Gasteiger partial charge in [-0.1, -0.05) is 24.3 Å². The van der Waals surface area contributed by atoms with Crippen LogP contribution in [0.15, 0.2) is 48.5 Å². The summed E-state index contributed by atoms with van der Waals surface area (Å²) in [7, 11) is 1.61. The number of Topliss-reactive ketones (excluding diaryl/α,β-unsaturated/α-hetero) is 1. The lowest BCUT2D eigenvalue weighted by atomic mass is 10.0.